The predicted molar refractivity (Wildman–Crippen MR) is 95.4 cm³/mol. The molecule has 0 aliphatic heterocycles. The van der Waals surface area contributed by atoms with E-state index in [1.165, 1.54) is 0 Å². The molecule has 1 N–H and O–H groups in total. The third-order valence-electron chi connectivity index (χ3n) is 3.60. The van der Waals surface area contributed by atoms with Gasteiger partial charge in [-0.2, -0.15) is 0 Å². The Morgan fingerprint density at radius 1 is 1.26 bits per heavy atom. The molecule has 1 amide bonds. The molecule has 130 valence electrons. The third-order valence-corrected chi connectivity index (χ3v) is 3.90. The average Bonchev–Trinajstić information content (AvgIpc) is 2.52. The monoisotopic (exact) mass is 341 g/mol. The molecule has 0 saturated carbocycles. The summed E-state index contributed by atoms with van der Waals surface area (Å²) in [6.07, 6.45) is 3.56. The van der Waals surface area contributed by atoms with Crippen LogP contribution in [0.2, 0.25) is 5.02 Å². The van der Waals surface area contributed by atoms with E-state index in [0.29, 0.717) is 36.1 Å². The molecule has 1 unspecified atom stereocenters. The van der Waals surface area contributed by atoms with Crippen molar-refractivity contribution in [1.29, 1.82) is 0 Å². The number of carbonyl (C=O) groups excluding carboxylic acids is 1. The zero-order valence-corrected chi connectivity index (χ0v) is 15.3. The Balaban J connectivity index is 2.79. The van der Waals surface area contributed by atoms with Crippen molar-refractivity contribution >= 4 is 23.2 Å². The molecule has 4 nitrogen and oxygen atoms in total. The number of hydrogen-bond acceptors (Lipinski definition) is 3. The molecule has 0 aliphatic carbocycles. The van der Waals surface area contributed by atoms with Crippen LogP contribution in [0, 0.1) is 0 Å². The zero-order chi connectivity index (χ0) is 17.3. The molecule has 0 radical (unpaired) electrons. The molecule has 1 aromatic carbocycles. The third kappa shape index (κ3) is 6.04. The lowest BCUT2D eigenvalue weighted by atomic mass is 9.97. The largest absolute Gasteiger partial charge is 0.492 e. The summed E-state index contributed by atoms with van der Waals surface area (Å²) in [4.78, 5) is 12.6. The lowest BCUT2D eigenvalue weighted by molar-refractivity contribution is -0.139. The molecule has 0 fully saturated rings. The molecular weight excluding hydrogens is 314 g/mol. The van der Waals surface area contributed by atoms with E-state index < -0.39 is 5.60 Å². The van der Waals surface area contributed by atoms with Gasteiger partial charge in [-0.1, -0.05) is 38.3 Å². The Morgan fingerprint density at radius 3 is 2.57 bits per heavy atom. The first-order valence-electron chi connectivity index (χ1n) is 8.34. The van der Waals surface area contributed by atoms with Gasteiger partial charge in [-0.3, -0.25) is 4.79 Å². The van der Waals surface area contributed by atoms with Crippen LogP contribution in [-0.4, -0.2) is 24.7 Å². The Labute approximate surface area is 144 Å². The van der Waals surface area contributed by atoms with Gasteiger partial charge in [-0.25, -0.2) is 0 Å². The van der Waals surface area contributed by atoms with Crippen LogP contribution < -0.4 is 10.1 Å². The number of hydrogen-bond donors (Lipinski definition) is 1. The molecule has 1 aromatic rings. The van der Waals surface area contributed by atoms with Crippen molar-refractivity contribution in [2.75, 3.05) is 18.5 Å². The molecule has 0 aromatic heterocycles. The minimum Gasteiger partial charge on any atom is -0.492 e. The van der Waals surface area contributed by atoms with E-state index in [1.54, 1.807) is 18.2 Å². The van der Waals surface area contributed by atoms with Crippen molar-refractivity contribution in [3.8, 4) is 5.75 Å². The van der Waals surface area contributed by atoms with Crippen LogP contribution in [0.5, 0.6) is 5.75 Å². The fraction of sp³-hybridized carbons (Fsp3) is 0.611. The van der Waals surface area contributed by atoms with Gasteiger partial charge in [0.2, 0.25) is 0 Å². The number of ether oxygens (including phenoxy) is 2. The van der Waals surface area contributed by atoms with Crippen LogP contribution in [0.3, 0.4) is 0 Å². The molecule has 1 rings (SSSR count). The van der Waals surface area contributed by atoms with E-state index in [1.807, 2.05) is 20.8 Å². The Bertz CT molecular complexity index is 507. The van der Waals surface area contributed by atoms with Gasteiger partial charge >= 0.3 is 0 Å². The molecule has 0 spiro atoms. The lowest BCUT2D eigenvalue weighted by Gasteiger charge is -2.28. The Morgan fingerprint density at radius 2 is 2.00 bits per heavy atom. The van der Waals surface area contributed by atoms with Crippen LogP contribution in [0.25, 0.3) is 0 Å². The van der Waals surface area contributed by atoms with E-state index in [-0.39, 0.29) is 5.91 Å². The highest BCUT2D eigenvalue weighted by molar-refractivity contribution is 6.32. The number of halogens is 1. The number of anilines is 1. The van der Waals surface area contributed by atoms with Crippen molar-refractivity contribution in [2.45, 2.75) is 59.0 Å². The van der Waals surface area contributed by atoms with Gasteiger partial charge in [-0.05, 0) is 44.9 Å². The summed E-state index contributed by atoms with van der Waals surface area (Å²) in [7, 11) is 0. The highest BCUT2D eigenvalue weighted by Crippen LogP contribution is 2.29. The average molecular weight is 342 g/mol. The standard InChI is InChI=1S/C18H28ClNO3/c1-5-8-11-18(4,23-7-3)17(21)20-14-9-10-16(15(19)13-14)22-12-6-2/h9-10,13H,5-8,11-12H2,1-4H3,(H,20,21). The summed E-state index contributed by atoms with van der Waals surface area (Å²) in [5.74, 6) is 0.483. The van der Waals surface area contributed by atoms with Crippen molar-refractivity contribution in [3.05, 3.63) is 23.2 Å². The normalized spacial score (nSPS) is 13.4. The summed E-state index contributed by atoms with van der Waals surface area (Å²) in [6, 6.07) is 5.27. The molecule has 0 saturated heterocycles. The molecular formula is C18H28ClNO3. The number of amides is 1. The van der Waals surface area contributed by atoms with E-state index in [4.69, 9.17) is 21.1 Å². The van der Waals surface area contributed by atoms with Crippen molar-refractivity contribution in [1.82, 2.24) is 0 Å². The van der Waals surface area contributed by atoms with Gasteiger partial charge in [-0.15, -0.1) is 0 Å². The van der Waals surface area contributed by atoms with Crippen molar-refractivity contribution < 1.29 is 14.3 Å². The van der Waals surface area contributed by atoms with E-state index in [9.17, 15) is 4.79 Å². The minimum atomic E-state index is -0.825. The number of nitrogens with one attached hydrogen (secondary N) is 1. The fourth-order valence-electron chi connectivity index (χ4n) is 2.25. The number of carbonyl (C=O) groups is 1. The Hall–Kier alpha value is -1.26. The van der Waals surface area contributed by atoms with Crippen LogP contribution in [0.1, 0.15) is 53.4 Å². The van der Waals surface area contributed by atoms with E-state index in [0.717, 1.165) is 19.3 Å². The minimum absolute atomic E-state index is 0.147. The van der Waals surface area contributed by atoms with E-state index in [2.05, 4.69) is 12.2 Å². The molecule has 1 atom stereocenters. The number of rotatable bonds is 10. The quantitative estimate of drug-likeness (QED) is 0.647. The summed E-state index contributed by atoms with van der Waals surface area (Å²) in [5, 5.41) is 3.39. The summed E-state index contributed by atoms with van der Waals surface area (Å²) < 4.78 is 11.2. The van der Waals surface area contributed by atoms with Gasteiger partial charge in [0.1, 0.15) is 11.4 Å². The Kier molecular flexibility index (Phi) is 8.42. The summed E-state index contributed by atoms with van der Waals surface area (Å²) >= 11 is 6.20. The first-order chi connectivity index (χ1) is 11.0. The van der Waals surface area contributed by atoms with Gasteiger partial charge in [0.15, 0.2) is 0 Å². The second-order valence-corrected chi connectivity index (χ2v) is 6.12. The highest BCUT2D eigenvalue weighted by Gasteiger charge is 2.33. The molecule has 0 bridgehead atoms. The van der Waals surface area contributed by atoms with Crippen molar-refractivity contribution in [3.63, 3.8) is 0 Å². The van der Waals surface area contributed by atoms with Crippen molar-refractivity contribution in [2.24, 2.45) is 0 Å². The molecule has 0 aliphatic rings. The maximum absolute atomic E-state index is 12.6. The van der Waals surface area contributed by atoms with Gasteiger partial charge in [0.05, 0.1) is 11.6 Å². The smallest absolute Gasteiger partial charge is 0.256 e. The number of unbranched alkanes of at least 4 members (excludes halogenated alkanes) is 1. The molecule has 23 heavy (non-hydrogen) atoms. The second kappa shape index (κ2) is 9.78. The van der Waals surface area contributed by atoms with Crippen LogP contribution in [0.4, 0.5) is 5.69 Å². The van der Waals surface area contributed by atoms with E-state index >= 15 is 0 Å². The van der Waals surface area contributed by atoms with Crippen LogP contribution in [0.15, 0.2) is 18.2 Å². The first-order valence-corrected chi connectivity index (χ1v) is 8.72. The van der Waals surface area contributed by atoms with Gasteiger partial charge in [0.25, 0.3) is 5.91 Å². The van der Waals surface area contributed by atoms with Gasteiger partial charge < -0.3 is 14.8 Å². The van der Waals surface area contributed by atoms with Gasteiger partial charge in [0, 0.05) is 12.3 Å². The second-order valence-electron chi connectivity index (χ2n) is 5.72. The molecule has 0 heterocycles. The maximum atomic E-state index is 12.6. The van der Waals surface area contributed by atoms with Crippen LogP contribution >= 0.6 is 11.6 Å². The highest BCUT2D eigenvalue weighted by atomic mass is 35.5. The summed E-state index contributed by atoms with van der Waals surface area (Å²) in [5.41, 5.74) is -0.180. The topological polar surface area (TPSA) is 47.6 Å². The molecule has 5 heteroatoms. The lowest BCUT2D eigenvalue weighted by Crippen LogP contribution is -2.42. The maximum Gasteiger partial charge on any atom is 0.256 e. The number of benzene rings is 1. The summed E-state index contributed by atoms with van der Waals surface area (Å²) in [6.45, 7) is 8.98. The fourth-order valence-corrected chi connectivity index (χ4v) is 2.49. The first kappa shape index (κ1) is 19.8. The van der Waals surface area contributed by atoms with Crippen LogP contribution in [-0.2, 0) is 9.53 Å². The predicted octanol–water partition coefficient (Wildman–Crippen LogP) is 5.05. The SMILES string of the molecule is CCCCC(C)(OCC)C(=O)Nc1ccc(OCCC)c(Cl)c1. The zero-order valence-electron chi connectivity index (χ0n) is 14.6.